The highest BCUT2D eigenvalue weighted by atomic mass is 16.4. The Morgan fingerprint density at radius 2 is 1.25 bits per heavy atom. The Labute approximate surface area is 67.6 Å². The highest BCUT2D eigenvalue weighted by molar-refractivity contribution is 5.78. The van der Waals surface area contributed by atoms with Crippen molar-refractivity contribution in [2.45, 2.75) is 18.2 Å². The summed E-state index contributed by atoms with van der Waals surface area (Å²) in [5.41, 5.74) is 9.81. The molecule has 7 N–H and O–H groups in total. The molecule has 0 saturated heterocycles. The van der Waals surface area contributed by atoms with Crippen LogP contribution in [0.3, 0.4) is 0 Å². The highest BCUT2D eigenvalue weighted by Gasteiger charge is 2.31. The van der Waals surface area contributed by atoms with Crippen LogP contribution in [0.15, 0.2) is 0 Å². The first-order chi connectivity index (χ1) is 5.37. The van der Waals surface area contributed by atoms with Crippen LogP contribution in [-0.2, 0) is 9.59 Å². The molecule has 7 heteroatoms. The first kappa shape index (κ1) is 10.8. The van der Waals surface area contributed by atoms with Crippen LogP contribution in [0, 0.1) is 0 Å². The molecule has 2 unspecified atom stereocenters. The van der Waals surface area contributed by atoms with Gasteiger partial charge in [-0.1, -0.05) is 0 Å². The molecule has 0 aliphatic rings. The first-order valence-electron chi connectivity index (χ1n) is 3.02. The van der Waals surface area contributed by atoms with Crippen LogP contribution in [-0.4, -0.2) is 45.4 Å². The van der Waals surface area contributed by atoms with E-state index in [9.17, 15) is 9.59 Å². The Morgan fingerprint density at radius 1 is 1.00 bits per heavy atom. The summed E-state index contributed by atoms with van der Waals surface area (Å²) in [4.78, 5) is 20.3. The third kappa shape index (κ3) is 2.46. The van der Waals surface area contributed by atoms with Crippen molar-refractivity contribution >= 4 is 11.9 Å². The molecule has 0 spiro atoms. The van der Waals surface area contributed by atoms with Crippen molar-refractivity contribution in [3.8, 4) is 0 Å². The Bertz CT molecular complexity index is 174. The molecule has 0 aromatic heterocycles. The molecule has 12 heavy (non-hydrogen) atoms. The fourth-order valence-electron chi connectivity index (χ4n) is 0.516. The molecule has 0 radical (unpaired) electrons. The second-order valence-electron chi connectivity index (χ2n) is 2.22. The van der Waals surface area contributed by atoms with Crippen molar-refractivity contribution in [3.63, 3.8) is 0 Å². The SMILES string of the molecule is NC(C(=O)O)C(O)C(N)C(=O)O. The highest BCUT2D eigenvalue weighted by Crippen LogP contribution is 1.96. The topological polar surface area (TPSA) is 147 Å². The molecule has 0 aromatic carbocycles. The van der Waals surface area contributed by atoms with Gasteiger partial charge in [-0.25, -0.2) is 0 Å². The summed E-state index contributed by atoms with van der Waals surface area (Å²) in [6.07, 6.45) is -1.79. The van der Waals surface area contributed by atoms with Gasteiger partial charge in [-0.2, -0.15) is 0 Å². The minimum Gasteiger partial charge on any atom is -0.480 e. The van der Waals surface area contributed by atoms with Crippen LogP contribution in [0.25, 0.3) is 0 Å². The van der Waals surface area contributed by atoms with Crippen molar-refractivity contribution in [1.82, 2.24) is 0 Å². The van der Waals surface area contributed by atoms with Gasteiger partial charge in [-0.3, -0.25) is 9.59 Å². The van der Waals surface area contributed by atoms with E-state index in [0.29, 0.717) is 0 Å². The summed E-state index contributed by atoms with van der Waals surface area (Å²) in [7, 11) is 0. The average molecular weight is 178 g/mol. The smallest absolute Gasteiger partial charge is 0.323 e. The van der Waals surface area contributed by atoms with Gasteiger partial charge in [-0.15, -0.1) is 0 Å². The third-order valence-electron chi connectivity index (χ3n) is 1.31. The van der Waals surface area contributed by atoms with E-state index in [-0.39, 0.29) is 0 Å². The van der Waals surface area contributed by atoms with Gasteiger partial charge < -0.3 is 26.8 Å². The van der Waals surface area contributed by atoms with E-state index in [1.165, 1.54) is 0 Å². The molecule has 0 saturated carbocycles. The minimum absolute atomic E-state index is 1.50. The Balaban J connectivity index is 4.28. The predicted octanol–water partition coefficient (Wildman–Crippen LogP) is -2.83. The van der Waals surface area contributed by atoms with Crippen LogP contribution < -0.4 is 11.5 Å². The Morgan fingerprint density at radius 3 is 1.42 bits per heavy atom. The summed E-state index contributed by atoms with van der Waals surface area (Å²) >= 11 is 0. The molecule has 7 nitrogen and oxygen atoms in total. The lowest BCUT2D eigenvalue weighted by Gasteiger charge is -2.17. The summed E-state index contributed by atoms with van der Waals surface area (Å²) in [5.74, 6) is -3.00. The molecule has 0 fully saturated rings. The quantitative estimate of drug-likeness (QED) is 0.311. The van der Waals surface area contributed by atoms with Gasteiger partial charge in [0.2, 0.25) is 0 Å². The van der Waals surface area contributed by atoms with E-state index >= 15 is 0 Å². The molecule has 0 heterocycles. The van der Waals surface area contributed by atoms with Crippen molar-refractivity contribution in [2.24, 2.45) is 11.5 Å². The van der Waals surface area contributed by atoms with Gasteiger partial charge >= 0.3 is 11.9 Å². The monoisotopic (exact) mass is 178 g/mol. The lowest BCUT2D eigenvalue weighted by Crippen LogP contribution is -2.54. The molecule has 2 atom stereocenters. The fourth-order valence-corrected chi connectivity index (χ4v) is 0.516. The van der Waals surface area contributed by atoms with Crippen LogP contribution in [0.2, 0.25) is 0 Å². The van der Waals surface area contributed by atoms with Crippen molar-refractivity contribution in [2.75, 3.05) is 0 Å². The van der Waals surface area contributed by atoms with Gasteiger partial charge in [0, 0.05) is 0 Å². The van der Waals surface area contributed by atoms with E-state index in [2.05, 4.69) is 0 Å². The maximum absolute atomic E-state index is 10.1. The number of hydrogen-bond acceptors (Lipinski definition) is 5. The molecular weight excluding hydrogens is 168 g/mol. The van der Waals surface area contributed by atoms with Crippen LogP contribution in [0.1, 0.15) is 0 Å². The lowest BCUT2D eigenvalue weighted by molar-refractivity contribution is -0.145. The zero-order valence-corrected chi connectivity index (χ0v) is 6.04. The number of aliphatic hydroxyl groups is 1. The molecular formula is C5H10N2O5. The van der Waals surface area contributed by atoms with Crippen molar-refractivity contribution < 1.29 is 24.9 Å². The summed E-state index contributed by atoms with van der Waals surface area (Å²) < 4.78 is 0. The van der Waals surface area contributed by atoms with E-state index in [1.807, 2.05) is 0 Å². The maximum atomic E-state index is 10.1. The second kappa shape index (κ2) is 4.00. The zero-order valence-electron chi connectivity index (χ0n) is 6.04. The summed E-state index contributed by atoms with van der Waals surface area (Å²) in [5, 5.41) is 25.4. The molecule has 0 aromatic rings. The number of aliphatic hydroxyl groups excluding tert-OH is 1. The lowest BCUT2D eigenvalue weighted by atomic mass is 10.1. The van der Waals surface area contributed by atoms with Gasteiger partial charge in [0.1, 0.15) is 18.2 Å². The van der Waals surface area contributed by atoms with Crippen molar-refractivity contribution in [1.29, 1.82) is 0 Å². The number of rotatable bonds is 4. The number of carbonyl (C=O) groups is 2. The Kier molecular flexibility index (Phi) is 3.61. The Hall–Kier alpha value is -1.18. The third-order valence-corrected chi connectivity index (χ3v) is 1.31. The van der Waals surface area contributed by atoms with E-state index in [1.54, 1.807) is 0 Å². The van der Waals surface area contributed by atoms with Gasteiger partial charge in [0.25, 0.3) is 0 Å². The van der Waals surface area contributed by atoms with Crippen LogP contribution in [0.4, 0.5) is 0 Å². The molecule has 0 aliphatic carbocycles. The number of nitrogens with two attached hydrogens (primary N) is 2. The second-order valence-corrected chi connectivity index (χ2v) is 2.22. The van der Waals surface area contributed by atoms with Crippen LogP contribution in [0.5, 0.6) is 0 Å². The van der Waals surface area contributed by atoms with E-state index in [0.717, 1.165) is 0 Å². The van der Waals surface area contributed by atoms with Crippen LogP contribution >= 0.6 is 0 Å². The van der Waals surface area contributed by atoms with Gasteiger partial charge in [-0.05, 0) is 0 Å². The number of hydrogen-bond donors (Lipinski definition) is 5. The largest absolute Gasteiger partial charge is 0.480 e. The fraction of sp³-hybridized carbons (Fsp3) is 0.600. The normalized spacial score (nSPS) is 17.9. The molecule has 70 valence electrons. The van der Waals surface area contributed by atoms with Gasteiger partial charge in [0.05, 0.1) is 0 Å². The standard InChI is InChI=1S/C5H10N2O5/c6-1(4(9)10)3(8)2(7)5(11)12/h1-3,8H,6-7H2,(H,9,10)(H,11,12). The zero-order chi connectivity index (χ0) is 9.89. The first-order valence-corrected chi connectivity index (χ1v) is 3.02. The molecule has 0 bridgehead atoms. The predicted molar refractivity (Wildman–Crippen MR) is 37.2 cm³/mol. The number of carboxylic acids is 2. The molecule has 0 rings (SSSR count). The molecule has 0 amide bonds. The summed E-state index contributed by atoms with van der Waals surface area (Å²) in [6, 6.07) is -3.37. The van der Waals surface area contributed by atoms with E-state index in [4.69, 9.17) is 26.8 Å². The van der Waals surface area contributed by atoms with E-state index < -0.39 is 30.1 Å². The minimum atomic E-state index is -1.79. The molecule has 0 aliphatic heterocycles. The van der Waals surface area contributed by atoms with Gasteiger partial charge in [0.15, 0.2) is 0 Å². The number of aliphatic carboxylic acids is 2. The van der Waals surface area contributed by atoms with Crippen molar-refractivity contribution in [3.05, 3.63) is 0 Å². The maximum Gasteiger partial charge on any atom is 0.323 e. The number of carboxylic acid groups (broad SMARTS) is 2. The average Bonchev–Trinajstić information content (AvgIpc) is 2.00. The summed E-state index contributed by atoms with van der Waals surface area (Å²) in [6.45, 7) is 0.